The molecule has 1 aromatic heterocycles. The highest BCUT2D eigenvalue weighted by atomic mass is 35.5. The van der Waals surface area contributed by atoms with Crippen molar-refractivity contribution >= 4 is 18.4 Å². The Labute approximate surface area is 125 Å². The third-order valence-electron chi connectivity index (χ3n) is 2.83. The predicted molar refractivity (Wildman–Crippen MR) is 77.9 cm³/mol. The number of hydrogen-bond donors (Lipinski definition) is 2. The van der Waals surface area contributed by atoms with Crippen LogP contribution in [-0.4, -0.2) is 27.3 Å². The Balaban J connectivity index is 0.00000361. The summed E-state index contributed by atoms with van der Waals surface area (Å²) in [6.45, 7) is 6.54. The molecule has 20 heavy (non-hydrogen) atoms. The molecule has 0 amide bonds. The number of carbonyl (C=O) groups is 1. The summed E-state index contributed by atoms with van der Waals surface area (Å²) in [4.78, 5) is 15.2. The first kappa shape index (κ1) is 18.9. The van der Waals surface area contributed by atoms with Crippen LogP contribution >= 0.6 is 12.4 Å². The highest BCUT2D eigenvalue weighted by molar-refractivity contribution is 5.85. The summed E-state index contributed by atoms with van der Waals surface area (Å²) in [5, 5.41) is 15.8. The van der Waals surface area contributed by atoms with E-state index >= 15 is 0 Å². The number of aryl methyl sites for hydroxylation is 1. The quantitative estimate of drug-likeness (QED) is 0.728. The third kappa shape index (κ3) is 6.86. The van der Waals surface area contributed by atoms with Gasteiger partial charge in [0.05, 0.1) is 6.54 Å². The molecule has 0 spiro atoms. The minimum absolute atomic E-state index is 0. The van der Waals surface area contributed by atoms with E-state index in [1.54, 1.807) is 0 Å². The van der Waals surface area contributed by atoms with Crippen LogP contribution in [0.3, 0.4) is 0 Å². The van der Waals surface area contributed by atoms with Crippen LogP contribution in [-0.2, 0) is 17.8 Å². The molecule has 0 saturated carbocycles. The highest BCUT2D eigenvalue weighted by Gasteiger charge is 2.16. The number of carboxylic acid groups (broad SMARTS) is 1. The second-order valence-corrected chi connectivity index (χ2v) is 5.10. The molecule has 0 fully saturated rings. The van der Waals surface area contributed by atoms with Crippen molar-refractivity contribution in [2.45, 2.75) is 59.0 Å². The molecule has 2 N–H and O–H groups in total. The van der Waals surface area contributed by atoms with Crippen molar-refractivity contribution in [3.05, 3.63) is 11.7 Å². The van der Waals surface area contributed by atoms with Gasteiger partial charge in [-0.2, -0.15) is 4.98 Å². The van der Waals surface area contributed by atoms with Gasteiger partial charge in [0.25, 0.3) is 0 Å². The Kier molecular flexibility index (Phi) is 9.16. The van der Waals surface area contributed by atoms with E-state index in [0.29, 0.717) is 30.6 Å². The zero-order valence-corrected chi connectivity index (χ0v) is 13.1. The Morgan fingerprint density at radius 3 is 2.65 bits per heavy atom. The van der Waals surface area contributed by atoms with Crippen LogP contribution in [0.5, 0.6) is 0 Å². The maximum absolute atomic E-state index is 11.0. The van der Waals surface area contributed by atoms with Gasteiger partial charge in [0, 0.05) is 6.42 Å². The molecule has 1 heterocycles. The fraction of sp³-hybridized carbons (Fsp3) is 0.769. The summed E-state index contributed by atoms with van der Waals surface area (Å²) in [6, 6.07) is -0.559. The van der Waals surface area contributed by atoms with Crippen LogP contribution in [0.2, 0.25) is 0 Å². The summed E-state index contributed by atoms with van der Waals surface area (Å²) in [5.41, 5.74) is 0. The van der Waals surface area contributed by atoms with Crippen molar-refractivity contribution in [1.29, 1.82) is 0 Å². The maximum atomic E-state index is 11.0. The minimum Gasteiger partial charge on any atom is -0.480 e. The first-order valence-corrected chi connectivity index (χ1v) is 6.80. The zero-order chi connectivity index (χ0) is 14.3. The van der Waals surface area contributed by atoms with Crippen LogP contribution in [0.15, 0.2) is 4.52 Å². The van der Waals surface area contributed by atoms with Crippen molar-refractivity contribution in [2.24, 2.45) is 5.92 Å². The van der Waals surface area contributed by atoms with E-state index < -0.39 is 12.0 Å². The van der Waals surface area contributed by atoms with Crippen molar-refractivity contribution in [2.75, 3.05) is 0 Å². The van der Waals surface area contributed by atoms with E-state index in [-0.39, 0.29) is 12.4 Å². The third-order valence-corrected chi connectivity index (χ3v) is 2.83. The lowest BCUT2D eigenvalue weighted by atomic mass is 10.1. The van der Waals surface area contributed by atoms with Gasteiger partial charge in [-0.3, -0.25) is 10.1 Å². The number of aliphatic carboxylic acids is 1. The number of nitrogens with one attached hydrogen (secondary N) is 1. The van der Waals surface area contributed by atoms with Crippen molar-refractivity contribution in [1.82, 2.24) is 15.5 Å². The van der Waals surface area contributed by atoms with Gasteiger partial charge in [0.15, 0.2) is 5.82 Å². The van der Waals surface area contributed by atoms with Gasteiger partial charge < -0.3 is 9.63 Å². The zero-order valence-electron chi connectivity index (χ0n) is 12.3. The first-order valence-electron chi connectivity index (χ1n) is 6.80. The first-order chi connectivity index (χ1) is 9.02. The maximum Gasteiger partial charge on any atom is 0.320 e. The van der Waals surface area contributed by atoms with E-state index in [2.05, 4.69) is 29.3 Å². The molecule has 0 aliphatic carbocycles. The van der Waals surface area contributed by atoms with Crippen LogP contribution < -0.4 is 5.32 Å². The number of hydrogen-bond acceptors (Lipinski definition) is 5. The molecular weight excluding hydrogens is 282 g/mol. The average Bonchev–Trinajstić information content (AvgIpc) is 2.79. The number of halogens is 1. The van der Waals surface area contributed by atoms with Crippen molar-refractivity contribution < 1.29 is 14.4 Å². The van der Waals surface area contributed by atoms with E-state index in [4.69, 9.17) is 9.63 Å². The molecule has 6 nitrogen and oxygen atoms in total. The summed E-state index contributed by atoms with van der Waals surface area (Å²) >= 11 is 0. The normalized spacial score (nSPS) is 12.2. The van der Waals surface area contributed by atoms with Crippen LogP contribution in [0.1, 0.15) is 51.7 Å². The lowest BCUT2D eigenvalue weighted by molar-refractivity contribution is -0.139. The van der Waals surface area contributed by atoms with Gasteiger partial charge in [-0.05, 0) is 18.8 Å². The number of carboxylic acids is 1. The molecule has 1 aromatic rings. The minimum atomic E-state index is -0.846. The van der Waals surface area contributed by atoms with Crippen molar-refractivity contribution in [3.63, 3.8) is 0 Å². The van der Waals surface area contributed by atoms with Crippen LogP contribution in [0.25, 0.3) is 0 Å². The number of aromatic nitrogens is 2. The fourth-order valence-electron chi connectivity index (χ4n) is 1.69. The van der Waals surface area contributed by atoms with E-state index in [0.717, 1.165) is 19.3 Å². The van der Waals surface area contributed by atoms with E-state index in [9.17, 15) is 4.79 Å². The van der Waals surface area contributed by atoms with E-state index in [1.807, 2.05) is 6.92 Å². The molecule has 0 bridgehead atoms. The van der Waals surface area contributed by atoms with Gasteiger partial charge >= 0.3 is 5.97 Å². The fourth-order valence-corrected chi connectivity index (χ4v) is 1.69. The topological polar surface area (TPSA) is 88.3 Å². The molecule has 7 heteroatoms. The van der Waals surface area contributed by atoms with Gasteiger partial charge in [-0.15, -0.1) is 12.4 Å². The van der Waals surface area contributed by atoms with E-state index in [1.165, 1.54) is 0 Å². The summed E-state index contributed by atoms with van der Waals surface area (Å²) in [7, 11) is 0. The predicted octanol–water partition coefficient (Wildman–Crippen LogP) is 2.42. The van der Waals surface area contributed by atoms with Gasteiger partial charge in [0.1, 0.15) is 6.04 Å². The molecular formula is C13H24ClN3O3. The number of rotatable bonds is 9. The second kappa shape index (κ2) is 9.72. The lowest BCUT2D eigenvalue weighted by Crippen LogP contribution is -2.36. The molecule has 0 aliphatic heterocycles. The van der Waals surface area contributed by atoms with Crippen molar-refractivity contribution in [3.8, 4) is 0 Å². The van der Waals surface area contributed by atoms with Gasteiger partial charge in [-0.1, -0.05) is 32.3 Å². The largest absolute Gasteiger partial charge is 0.480 e. The highest BCUT2D eigenvalue weighted by Crippen LogP contribution is 2.07. The summed E-state index contributed by atoms with van der Waals surface area (Å²) in [5.74, 6) is 0.886. The summed E-state index contributed by atoms with van der Waals surface area (Å²) < 4.78 is 5.09. The van der Waals surface area contributed by atoms with Gasteiger partial charge in [-0.25, -0.2) is 0 Å². The molecule has 0 saturated heterocycles. The molecule has 1 atom stereocenters. The molecule has 0 aliphatic rings. The second-order valence-electron chi connectivity index (χ2n) is 5.10. The molecule has 1 rings (SSSR count). The lowest BCUT2D eigenvalue weighted by Gasteiger charge is -2.11. The summed E-state index contributed by atoms with van der Waals surface area (Å²) in [6.07, 6.45) is 3.20. The Morgan fingerprint density at radius 2 is 2.10 bits per heavy atom. The smallest absolute Gasteiger partial charge is 0.320 e. The molecule has 0 radical (unpaired) electrons. The van der Waals surface area contributed by atoms with Crippen LogP contribution in [0, 0.1) is 5.92 Å². The molecule has 0 aromatic carbocycles. The molecule has 1 unspecified atom stereocenters. The average molecular weight is 306 g/mol. The number of nitrogens with zero attached hydrogens (tertiary/aromatic N) is 2. The SMILES string of the molecule is CCCC(NCc1nc(CCC(C)C)no1)C(=O)O.Cl. The Bertz CT molecular complexity index is 396. The Morgan fingerprint density at radius 1 is 1.40 bits per heavy atom. The monoisotopic (exact) mass is 305 g/mol. The standard InChI is InChI=1S/C13H23N3O3.ClH/c1-4-5-10(13(17)18)14-8-12-15-11(16-19-12)7-6-9(2)3;/h9-10,14H,4-8H2,1-3H3,(H,17,18);1H. The van der Waals surface area contributed by atoms with Crippen LogP contribution in [0.4, 0.5) is 0 Å². The Hall–Kier alpha value is -1.14. The molecule has 116 valence electrons. The van der Waals surface area contributed by atoms with Gasteiger partial charge in [0.2, 0.25) is 5.89 Å².